The van der Waals surface area contributed by atoms with Crippen molar-refractivity contribution in [2.75, 3.05) is 0 Å². The number of hydrogen-bond donors (Lipinski definition) is 1. The summed E-state index contributed by atoms with van der Waals surface area (Å²) >= 11 is 0. The molecule has 0 aromatic heterocycles. The highest BCUT2D eigenvalue weighted by molar-refractivity contribution is 5.84. The summed E-state index contributed by atoms with van der Waals surface area (Å²) in [5.74, 6) is -7.40. The van der Waals surface area contributed by atoms with Gasteiger partial charge in [0.05, 0.1) is 6.42 Å². The zero-order chi connectivity index (χ0) is 13.1. The van der Waals surface area contributed by atoms with Crippen LogP contribution in [0.3, 0.4) is 0 Å². The van der Waals surface area contributed by atoms with Crippen molar-refractivity contribution in [3.63, 3.8) is 0 Å². The highest BCUT2D eigenvalue weighted by Crippen LogP contribution is 2.25. The maximum atomic E-state index is 12.3. The van der Waals surface area contributed by atoms with E-state index in [1.165, 1.54) is 5.32 Å². The summed E-state index contributed by atoms with van der Waals surface area (Å²) in [5.41, 5.74) is 0. The molecule has 0 aromatic carbocycles. The van der Waals surface area contributed by atoms with Gasteiger partial charge in [-0.15, -0.1) is 0 Å². The Morgan fingerprint density at radius 3 is 1.94 bits per heavy atom. The standard InChI is InChI=1S/C7H8F7NO/c1-3(2-6(10,11)12)15-5(16)7(13,14)4(8)9/h3-4H,2H2,1H3,(H,15,16). The van der Waals surface area contributed by atoms with Crippen LogP contribution in [0.1, 0.15) is 13.3 Å². The minimum absolute atomic E-state index is 0.785. The lowest BCUT2D eigenvalue weighted by molar-refractivity contribution is -0.172. The second-order valence-corrected chi connectivity index (χ2v) is 3.12. The summed E-state index contributed by atoms with van der Waals surface area (Å²) in [6.45, 7) is 0.785. The van der Waals surface area contributed by atoms with E-state index in [4.69, 9.17) is 0 Å². The Morgan fingerprint density at radius 1 is 1.19 bits per heavy atom. The number of rotatable bonds is 4. The van der Waals surface area contributed by atoms with Gasteiger partial charge < -0.3 is 5.32 Å². The number of carbonyl (C=O) groups excluding carboxylic acids is 1. The number of hydrogen-bond acceptors (Lipinski definition) is 1. The summed E-state index contributed by atoms with van der Waals surface area (Å²) in [7, 11) is 0. The van der Waals surface area contributed by atoms with Crippen LogP contribution in [-0.2, 0) is 4.79 Å². The van der Waals surface area contributed by atoms with Crippen LogP contribution in [0.2, 0.25) is 0 Å². The predicted molar refractivity (Wildman–Crippen MR) is 39.2 cm³/mol. The Kier molecular flexibility index (Phi) is 4.56. The number of nitrogens with one attached hydrogen (secondary N) is 1. The molecule has 1 atom stereocenters. The van der Waals surface area contributed by atoms with Crippen molar-refractivity contribution in [2.24, 2.45) is 0 Å². The molecule has 0 bridgehead atoms. The summed E-state index contributed by atoms with van der Waals surface area (Å²) in [6, 6.07) is -1.70. The molecule has 0 aromatic rings. The van der Waals surface area contributed by atoms with Gasteiger partial charge in [-0.25, -0.2) is 8.78 Å². The molecule has 96 valence electrons. The van der Waals surface area contributed by atoms with Gasteiger partial charge in [0.1, 0.15) is 0 Å². The van der Waals surface area contributed by atoms with Gasteiger partial charge in [-0.3, -0.25) is 4.79 Å². The quantitative estimate of drug-likeness (QED) is 0.767. The van der Waals surface area contributed by atoms with E-state index in [0.717, 1.165) is 6.92 Å². The van der Waals surface area contributed by atoms with Gasteiger partial charge in [-0.05, 0) is 6.92 Å². The fourth-order valence-electron chi connectivity index (χ4n) is 0.817. The number of carbonyl (C=O) groups is 1. The first-order valence-electron chi connectivity index (χ1n) is 4.00. The van der Waals surface area contributed by atoms with E-state index in [2.05, 4.69) is 0 Å². The Bertz CT molecular complexity index is 250. The molecule has 0 aliphatic heterocycles. The maximum absolute atomic E-state index is 12.3. The second kappa shape index (κ2) is 4.88. The molecule has 1 amide bonds. The molecule has 0 spiro atoms. The molecule has 1 unspecified atom stereocenters. The average molecular weight is 255 g/mol. The van der Waals surface area contributed by atoms with Crippen LogP contribution >= 0.6 is 0 Å². The van der Waals surface area contributed by atoms with Crippen molar-refractivity contribution < 1.29 is 35.5 Å². The summed E-state index contributed by atoms with van der Waals surface area (Å²) in [5, 5.41) is 1.17. The Labute approximate surface area is 85.8 Å². The molecule has 0 heterocycles. The van der Waals surface area contributed by atoms with Crippen LogP contribution in [-0.4, -0.2) is 30.5 Å². The van der Waals surface area contributed by atoms with Crippen molar-refractivity contribution in [3.05, 3.63) is 0 Å². The van der Waals surface area contributed by atoms with Gasteiger partial charge in [0.15, 0.2) is 0 Å². The Morgan fingerprint density at radius 2 is 1.62 bits per heavy atom. The fraction of sp³-hybridized carbons (Fsp3) is 0.857. The molecule has 0 rings (SSSR count). The Hall–Kier alpha value is -1.02. The van der Waals surface area contributed by atoms with E-state index < -0.39 is 36.9 Å². The molecular formula is C7H8F7NO. The number of amides is 1. The number of halogens is 7. The molecule has 0 aliphatic carbocycles. The molecule has 0 radical (unpaired) electrons. The molecular weight excluding hydrogens is 247 g/mol. The van der Waals surface area contributed by atoms with Crippen LogP contribution in [0.15, 0.2) is 0 Å². The first-order valence-corrected chi connectivity index (χ1v) is 4.00. The van der Waals surface area contributed by atoms with Crippen molar-refractivity contribution in [1.29, 1.82) is 0 Å². The van der Waals surface area contributed by atoms with E-state index in [1.807, 2.05) is 0 Å². The van der Waals surface area contributed by atoms with E-state index >= 15 is 0 Å². The van der Waals surface area contributed by atoms with Gasteiger partial charge in [0.25, 0.3) is 5.91 Å². The lowest BCUT2D eigenvalue weighted by atomic mass is 10.2. The zero-order valence-corrected chi connectivity index (χ0v) is 7.92. The molecule has 0 fully saturated rings. The van der Waals surface area contributed by atoms with Crippen LogP contribution in [0.5, 0.6) is 0 Å². The monoisotopic (exact) mass is 255 g/mol. The van der Waals surface area contributed by atoms with Crippen molar-refractivity contribution in [3.8, 4) is 0 Å². The molecule has 0 saturated heterocycles. The summed E-state index contributed by atoms with van der Waals surface area (Å²) < 4.78 is 83.0. The van der Waals surface area contributed by atoms with Gasteiger partial charge in [-0.2, -0.15) is 22.0 Å². The molecule has 0 aliphatic rings. The molecule has 9 heteroatoms. The van der Waals surface area contributed by atoms with E-state index in [9.17, 15) is 35.5 Å². The highest BCUT2D eigenvalue weighted by atomic mass is 19.4. The van der Waals surface area contributed by atoms with Crippen molar-refractivity contribution in [2.45, 2.75) is 37.9 Å². The minimum atomic E-state index is -4.99. The van der Waals surface area contributed by atoms with Crippen LogP contribution in [0.4, 0.5) is 30.7 Å². The van der Waals surface area contributed by atoms with Gasteiger partial charge in [-0.1, -0.05) is 0 Å². The normalized spacial score (nSPS) is 15.1. The third-order valence-corrected chi connectivity index (χ3v) is 1.49. The van der Waals surface area contributed by atoms with E-state index in [1.54, 1.807) is 0 Å². The largest absolute Gasteiger partial charge is 0.391 e. The lowest BCUT2D eigenvalue weighted by Crippen LogP contribution is -2.49. The van der Waals surface area contributed by atoms with E-state index in [0.29, 0.717) is 0 Å². The maximum Gasteiger partial charge on any atom is 0.391 e. The van der Waals surface area contributed by atoms with Crippen molar-refractivity contribution in [1.82, 2.24) is 5.32 Å². The third-order valence-electron chi connectivity index (χ3n) is 1.49. The lowest BCUT2D eigenvalue weighted by Gasteiger charge is -2.19. The molecule has 1 N–H and O–H groups in total. The summed E-state index contributed by atoms with van der Waals surface area (Å²) in [4.78, 5) is 10.5. The first kappa shape index (κ1) is 15.0. The molecule has 2 nitrogen and oxygen atoms in total. The topological polar surface area (TPSA) is 29.1 Å². The third kappa shape index (κ3) is 4.67. The highest BCUT2D eigenvalue weighted by Gasteiger charge is 2.49. The summed E-state index contributed by atoms with van der Waals surface area (Å²) in [6.07, 6.45) is -10.5. The van der Waals surface area contributed by atoms with Gasteiger partial charge in [0.2, 0.25) is 0 Å². The number of alkyl halides is 7. The smallest absolute Gasteiger partial charge is 0.348 e. The van der Waals surface area contributed by atoms with Crippen LogP contribution < -0.4 is 5.32 Å². The SMILES string of the molecule is CC(CC(F)(F)F)NC(=O)C(F)(F)C(F)F. The van der Waals surface area contributed by atoms with E-state index in [-0.39, 0.29) is 0 Å². The van der Waals surface area contributed by atoms with Crippen LogP contribution in [0, 0.1) is 0 Å². The zero-order valence-electron chi connectivity index (χ0n) is 7.92. The molecule has 16 heavy (non-hydrogen) atoms. The first-order chi connectivity index (χ1) is 6.97. The predicted octanol–water partition coefficient (Wildman–Crippen LogP) is 2.34. The van der Waals surface area contributed by atoms with Crippen molar-refractivity contribution >= 4 is 5.91 Å². The van der Waals surface area contributed by atoms with Gasteiger partial charge >= 0.3 is 18.5 Å². The average Bonchev–Trinajstić information content (AvgIpc) is 1.99. The molecule has 0 saturated carbocycles. The second-order valence-electron chi connectivity index (χ2n) is 3.12. The minimum Gasteiger partial charge on any atom is -0.348 e. The Balaban J connectivity index is 4.36. The van der Waals surface area contributed by atoms with Gasteiger partial charge in [0, 0.05) is 6.04 Å². The van der Waals surface area contributed by atoms with Crippen LogP contribution in [0.25, 0.3) is 0 Å². The fourth-order valence-corrected chi connectivity index (χ4v) is 0.817.